The summed E-state index contributed by atoms with van der Waals surface area (Å²) in [4.78, 5) is 16.3. The van der Waals surface area contributed by atoms with Crippen LogP contribution in [-0.4, -0.2) is 51.8 Å². The monoisotopic (exact) mass is 396 g/mol. The van der Waals surface area contributed by atoms with E-state index in [4.69, 9.17) is 0 Å². The Bertz CT molecular complexity index is 881. The van der Waals surface area contributed by atoms with Crippen molar-refractivity contribution in [2.24, 2.45) is 5.41 Å². The lowest BCUT2D eigenvalue weighted by Crippen LogP contribution is -2.36. The Morgan fingerprint density at radius 3 is 2.68 bits per heavy atom. The first kappa shape index (κ1) is 18.9. The van der Waals surface area contributed by atoms with E-state index in [1.165, 1.54) is 12.1 Å². The molecule has 4 rings (SSSR count). The third-order valence-electron chi connectivity index (χ3n) is 5.63. The average Bonchev–Trinajstić information content (AvgIpc) is 3.35. The number of rotatable bonds is 2. The van der Waals surface area contributed by atoms with Gasteiger partial charge in [-0.1, -0.05) is 12.1 Å². The van der Waals surface area contributed by atoms with Gasteiger partial charge in [0.25, 0.3) is 0 Å². The fourth-order valence-corrected chi connectivity index (χ4v) is 4.21. The maximum atomic E-state index is 13.4. The predicted octanol–water partition coefficient (Wildman–Crippen LogP) is 3.61. The van der Waals surface area contributed by atoms with Crippen LogP contribution in [0, 0.1) is 11.2 Å². The summed E-state index contributed by atoms with van der Waals surface area (Å²) in [7, 11) is 0. The Balaban J connectivity index is 1.38. The lowest BCUT2D eigenvalue weighted by molar-refractivity contribution is -0.137. The van der Waals surface area contributed by atoms with E-state index < -0.39 is 17.8 Å². The largest absolute Gasteiger partial charge is 0.419 e. The number of hydrogen-bond acceptors (Lipinski definition) is 3. The molecule has 1 amide bonds. The van der Waals surface area contributed by atoms with Crippen LogP contribution in [0.15, 0.2) is 36.7 Å². The molecule has 2 aliphatic heterocycles. The number of amides is 1. The molecule has 0 bridgehead atoms. The maximum absolute atomic E-state index is 13.4. The van der Waals surface area contributed by atoms with Crippen molar-refractivity contribution >= 4 is 6.03 Å². The molecule has 1 unspecified atom stereocenters. The van der Waals surface area contributed by atoms with E-state index in [1.54, 1.807) is 11.0 Å². The van der Waals surface area contributed by atoms with Crippen molar-refractivity contribution in [3.63, 3.8) is 0 Å². The second-order valence-corrected chi connectivity index (χ2v) is 7.72. The minimum atomic E-state index is -4.52. The summed E-state index contributed by atoms with van der Waals surface area (Å²) < 4.78 is 52.3. The van der Waals surface area contributed by atoms with Gasteiger partial charge in [-0.3, -0.25) is 4.90 Å². The molecule has 2 fully saturated rings. The Kier molecular flexibility index (Phi) is 4.65. The SMILES string of the molecule is O=C(N1CCC2(CCN(Cc3cccc(F)c3)C2)C1)n1cc(C(F)(F)F)cn1. The van der Waals surface area contributed by atoms with Gasteiger partial charge < -0.3 is 4.90 Å². The molecule has 1 spiro atoms. The predicted molar refractivity (Wildman–Crippen MR) is 92.9 cm³/mol. The van der Waals surface area contributed by atoms with Crippen molar-refractivity contribution in [1.29, 1.82) is 0 Å². The summed E-state index contributed by atoms with van der Waals surface area (Å²) in [5.74, 6) is -0.263. The summed E-state index contributed by atoms with van der Waals surface area (Å²) in [6.07, 6.45) is -1.42. The molecule has 3 heterocycles. The molecule has 0 radical (unpaired) electrons. The minimum absolute atomic E-state index is 0.0665. The standard InChI is InChI=1S/C19H20F4N4O/c20-16-3-1-2-14(8-16)10-25-6-4-18(12-25)5-7-26(13-18)17(28)27-11-15(9-24-27)19(21,22)23/h1-3,8-9,11H,4-7,10,12-13H2. The van der Waals surface area contributed by atoms with Crippen molar-refractivity contribution in [2.75, 3.05) is 26.2 Å². The van der Waals surface area contributed by atoms with Crippen LogP contribution in [0.3, 0.4) is 0 Å². The summed E-state index contributed by atoms with van der Waals surface area (Å²) >= 11 is 0. The molecule has 150 valence electrons. The number of likely N-dealkylation sites (tertiary alicyclic amines) is 2. The summed E-state index contributed by atoms with van der Waals surface area (Å²) in [6, 6.07) is 5.97. The number of benzene rings is 1. The highest BCUT2D eigenvalue weighted by Crippen LogP contribution is 2.40. The number of alkyl halides is 3. The highest BCUT2D eigenvalue weighted by molar-refractivity contribution is 5.76. The number of carbonyl (C=O) groups excluding carboxylic acids is 1. The molecular formula is C19H20F4N4O. The first-order chi connectivity index (χ1) is 13.2. The topological polar surface area (TPSA) is 41.4 Å². The Hall–Kier alpha value is -2.42. The van der Waals surface area contributed by atoms with Gasteiger partial charge >= 0.3 is 12.2 Å². The highest BCUT2D eigenvalue weighted by Gasteiger charge is 2.45. The maximum Gasteiger partial charge on any atom is 0.419 e. The molecule has 0 aliphatic carbocycles. The second-order valence-electron chi connectivity index (χ2n) is 7.72. The van der Waals surface area contributed by atoms with E-state index in [0.717, 1.165) is 42.4 Å². The van der Waals surface area contributed by atoms with E-state index in [9.17, 15) is 22.4 Å². The molecule has 1 aromatic carbocycles. The van der Waals surface area contributed by atoms with E-state index in [1.807, 2.05) is 6.07 Å². The first-order valence-corrected chi connectivity index (χ1v) is 9.12. The van der Waals surface area contributed by atoms with E-state index in [-0.39, 0.29) is 11.2 Å². The van der Waals surface area contributed by atoms with Gasteiger partial charge in [-0.2, -0.15) is 23.0 Å². The molecule has 9 heteroatoms. The Labute approximate surface area is 159 Å². The lowest BCUT2D eigenvalue weighted by Gasteiger charge is -2.24. The van der Waals surface area contributed by atoms with Gasteiger partial charge in [0.1, 0.15) is 5.82 Å². The molecule has 0 N–H and O–H groups in total. The van der Waals surface area contributed by atoms with Gasteiger partial charge in [-0.15, -0.1) is 0 Å². The normalized spacial score (nSPS) is 23.1. The molecular weight excluding hydrogens is 376 g/mol. The molecule has 28 heavy (non-hydrogen) atoms. The molecule has 0 saturated carbocycles. The van der Waals surface area contributed by atoms with Crippen LogP contribution in [0.2, 0.25) is 0 Å². The van der Waals surface area contributed by atoms with Gasteiger partial charge in [-0.05, 0) is 37.1 Å². The van der Waals surface area contributed by atoms with E-state index in [2.05, 4.69) is 10.00 Å². The van der Waals surface area contributed by atoms with Crippen molar-refractivity contribution in [1.82, 2.24) is 19.6 Å². The molecule has 2 aromatic rings. The molecule has 2 aliphatic rings. The number of hydrogen-bond donors (Lipinski definition) is 0. The zero-order valence-corrected chi connectivity index (χ0v) is 15.1. The van der Waals surface area contributed by atoms with Crippen molar-refractivity contribution in [3.8, 4) is 0 Å². The van der Waals surface area contributed by atoms with Crippen LogP contribution < -0.4 is 0 Å². The van der Waals surface area contributed by atoms with Crippen LogP contribution in [0.4, 0.5) is 22.4 Å². The number of aromatic nitrogens is 2. The quantitative estimate of drug-likeness (QED) is 0.729. The summed E-state index contributed by atoms with van der Waals surface area (Å²) in [5.41, 5.74) is -0.0979. The van der Waals surface area contributed by atoms with Gasteiger partial charge in [0, 0.05) is 37.8 Å². The third kappa shape index (κ3) is 3.76. The Morgan fingerprint density at radius 2 is 1.96 bits per heavy atom. The first-order valence-electron chi connectivity index (χ1n) is 9.12. The zero-order valence-electron chi connectivity index (χ0n) is 15.1. The van der Waals surface area contributed by atoms with E-state index >= 15 is 0 Å². The van der Waals surface area contributed by atoms with Gasteiger partial charge in [0.15, 0.2) is 0 Å². The average molecular weight is 396 g/mol. The fourth-order valence-electron chi connectivity index (χ4n) is 4.21. The molecule has 5 nitrogen and oxygen atoms in total. The van der Waals surface area contributed by atoms with Crippen LogP contribution >= 0.6 is 0 Å². The number of nitrogens with zero attached hydrogens (tertiary/aromatic N) is 4. The van der Waals surface area contributed by atoms with Gasteiger partial charge in [0.2, 0.25) is 0 Å². The highest BCUT2D eigenvalue weighted by atomic mass is 19.4. The molecule has 1 aromatic heterocycles. The molecule has 1 atom stereocenters. The number of halogens is 4. The molecule has 2 saturated heterocycles. The minimum Gasteiger partial charge on any atom is -0.322 e. The number of carbonyl (C=O) groups is 1. The van der Waals surface area contributed by atoms with E-state index in [0.29, 0.717) is 25.8 Å². The summed E-state index contributed by atoms with van der Waals surface area (Å²) in [6.45, 7) is 3.25. The lowest BCUT2D eigenvalue weighted by atomic mass is 9.86. The van der Waals surface area contributed by atoms with Gasteiger partial charge in [-0.25, -0.2) is 9.18 Å². The fraction of sp³-hybridized carbons (Fsp3) is 0.474. The van der Waals surface area contributed by atoms with Crippen molar-refractivity contribution in [3.05, 3.63) is 53.6 Å². The van der Waals surface area contributed by atoms with Gasteiger partial charge in [0.05, 0.1) is 11.8 Å². The zero-order chi connectivity index (χ0) is 19.9. The van der Waals surface area contributed by atoms with Crippen LogP contribution in [-0.2, 0) is 12.7 Å². The summed E-state index contributed by atoms with van der Waals surface area (Å²) in [5, 5.41) is 3.58. The Morgan fingerprint density at radius 1 is 1.18 bits per heavy atom. The third-order valence-corrected chi connectivity index (χ3v) is 5.63. The van der Waals surface area contributed by atoms with Crippen LogP contribution in [0.1, 0.15) is 24.0 Å². The van der Waals surface area contributed by atoms with Crippen LogP contribution in [0.25, 0.3) is 0 Å². The second kappa shape index (κ2) is 6.88. The van der Waals surface area contributed by atoms with Crippen molar-refractivity contribution < 1.29 is 22.4 Å². The van der Waals surface area contributed by atoms with Crippen LogP contribution in [0.5, 0.6) is 0 Å². The smallest absolute Gasteiger partial charge is 0.322 e. The van der Waals surface area contributed by atoms with Crippen molar-refractivity contribution in [2.45, 2.75) is 25.6 Å².